The lowest BCUT2D eigenvalue weighted by molar-refractivity contribution is -0.0543. The van der Waals surface area contributed by atoms with Gasteiger partial charge in [0.2, 0.25) is 0 Å². The van der Waals surface area contributed by atoms with Gasteiger partial charge in [0.15, 0.2) is 0 Å². The molecule has 28 heteroatoms. The lowest BCUT2D eigenvalue weighted by atomic mass is 9.88. The molecular formula is C41H51N6O17P3S2. The van der Waals surface area contributed by atoms with Crippen LogP contribution in [-0.4, -0.2) is 95.2 Å². The molecule has 5 atom stereocenters. The van der Waals surface area contributed by atoms with Gasteiger partial charge >= 0.3 is 35.1 Å². The van der Waals surface area contributed by atoms with E-state index in [1.54, 1.807) is 12.1 Å². The Morgan fingerprint density at radius 3 is 2.41 bits per heavy atom. The fraction of sp³-hybridized carbons (Fsp3) is 0.390. The van der Waals surface area contributed by atoms with Gasteiger partial charge in [0.05, 0.1) is 23.6 Å². The van der Waals surface area contributed by atoms with Crippen LogP contribution in [0.5, 0.6) is 0 Å². The fourth-order valence-corrected chi connectivity index (χ4v) is 12.5. The van der Waals surface area contributed by atoms with Gasteiger partial charge in [0.25, 0.3) is 5.91 Å². The Hall–Kier alpha value is -4.42. The average Bonchev–Trinajstić information content (AvgIpc) is 3.65. The first-order chi connectivity index (χ1) is 32.3. The molecule has 1 aliphatic carbocycles. The van der Waals surface area contributed by atoms with Crippen LogP contribution in [0.2, 0.25) is 0 Å². The minimum absolute atomic E-state index is 0.0312. The SMILES string of the molecule is CC/N=c1/cc2oc3cc(NCC)c(C)cc3c(-c3ccc(C(=O)NCC(C)(C)SSCOC4C[C@H](n5ccc(N)nc5=O)O[C@@H]4COP(=O)(O)OP(=O)(O)OP(=O)(O)O)cc3C(=O)O)c-2cc1C. The van der Waals surface area contributed by atoms with Crippen molar-refractivity contribution in [2.24, 2.45) is 4.99 Å². The third-order valence-electron chi connectivity index (χ3n) is 10.3. The Morgan fingerprint density at radius 1 is 1.00 bits per heavy atom. The van der Waals surface area contributed by atoms with Gasteiger partial charge in [0, 0.05) is 76.9 Å². The van der Waals surface area contributed by atoms with Crippen LogP contribution in [0, 0.1) is 13.8 Å². The number of carbonyl (C=O) groups excluding carboxylic acids is 1. The number of ether oxygens (including phenoxy) is 2. The number of fused-ring (bicyclic) bond motifs is 2. The zero-order valence-corrected chi connectivity index (χ0v) is 42.2. The number of carboxylic acids is 1. The van der Waals surface area contributed by atoms with Crippen LogP contribution in [0.3, 0.4) is 0 Å². The number of hydrogen-bond acceptors (Lipinski definition) is 18. The minimum atomic E-state index is -5.80. The molecule has 0 bridgehead atoms. The number of nitrogens with zero attached hydrogens (tertiary/aromatic N) is 3. The first kappa shape index (κ1) is 53.9. The van der Waals surface area contributed by atoms with Crippen molar-refractivity contribution in [3.05, 3.63) is 92.8 Å². The van der Waals surface area contributed by atoms with Crippen molar-refractivity contribution >= 4 is 79.4 Å². The molecule has 3 aromatic rings. The molecule has 1 fully saturated rings. The third kappa shape index (κ3) is 13.9. The number of hydrogen-bond donors (Lipinski definition) is 8. The van der Waals surface area contributed by atoms with Crippen molar-refractivity contribution in [2.45, 2.75) is 71.1 Å². The molecule has 69 heavy (non-hydrogen) atoms. The summed E-state index contributed by atoms with van der Waals surface area (Å²) >= 11 is 0. The van der Waals surface area contributed by atoms with Crippen molar-refractivity contribution in [2.75, 3.05) is 43.2 Å². The highest BCUT2D eigenvalue weighted by molar-refractivity contribution is 8.77. The second-order valence-corrected chi connectivity index (χ2v) is 23.5. The Kier molecular flexibility index (Phi) is 17.1. The Balaban J connectivity index is 1.14. The van der Waals surface area contributed by atoms with Gasteiger partial charge in [-0.05, 0) is 88.6 Å². The summed E-state index contributed by atoms with van der Waals surface area (Å²) in [5, 5.41) is 18.3. The standard InChI is InChI=1S/C41H51N6O17P3S2/c1-7-43-29-16-31-27(13-22(29)3)37(28-14-23(4)30(44-8-2)17-32(28)61-31)25-10-9-24(15-26(25)39(49)50)38(48)45-20-41(5,6)69-68-21-59-33-18-36(47-12-11-35(42)46-40(47)51)62-34(33)19-60-66(55,56)64-67(57,58)63-65(52,53)54/h9-17,33-34,36,43H,7-8,18-21H2,1-6H3,(H,45,48)(H,49,50)(H,55,56)(H,57,58)(H2,42,46,51)(H2,52,53,54)/b44-30-/t33?,34-,36-/m1/s1. The average molecular weight is 1060 g/mol. The van der Waals surface area contributed by atoms with Crippen LogP contribution in [-0.2, 0) is 36.3 Å². The van der Waals surface area contributed by atoms with Gasteiger partial charge in [-0.3, -0.25) is 18.9 Å². The second-order valence-electron chi connectivity index (χ2n) is 16.1. The van der Waals surface area contributed by atoms with E-state index in [1.165, 1.54) is 39.9 Å². The number of nitrogens with two attached hydrogens (primary N) is 1. The molecule has 374 valence electrons. The number of carbonyl (C=O) groups is 2. The van der Waals surface area contributed by atoms with Gasteiger partial charge in [-0.15, -0.1) is 0 Å². The number of phosphoric acid groups is 3. The molecule has 1 amide bonds. The predicted octanol–water partition coefficient (Wildman–Crippen LogP) is 6.57. The van der Waals surface area contributed by atoms with E-state index in [1.807, 2.05) is 65.8 Å². The summed E-state index contributed by atoms with van der Waals surface area (Å²) in [6.07, 6.45) is -1.95. The zero-order valence-electron chi connectivity index (χ0n) is 37.9. The monoisotopic (exact) mass is 1060 g/mol. The van der Waals surface area contributed by atoms with E-state index in [-0.39, 0.29) is 35.8 Å². The number of aromatic carboxylic acids is 1. The highest BCUT2D eigenvalue weighted by Gasteiger charge is 2.44. The molecule has 3 heterocycles. The molecule has 9 N–H and O–H groups in total. The first-order valence-electron chi connectivity index (χ1n) is 20.9. The second kappa shape index (κ2) is 21.9. The quantitative estimate of drug-likeness (QED) is 0.0126. The molecule has 3 unspecified atom stereocenters. The molecular weight excluding hydrogens is 1010 g/mol. The van der Waals surface area contributed by atoms with E-state index in [0.29, 0.717) is 46.5 Å². The molecule has 6 rings (SSSR count). The van der Waals surface area contributed by atoms with Gasteiger partial charge in [-0.25, -0.2) is 23.3 Å². The molecule has 23 nitrogen and oxygen atoms in total. The Labute approximate surface area is 402 Å². The van der Waals surface area contributed by atoms with E-state index in [9.17, 15) is 43.0 Å². The van der Waals surface area contributed by atoms with E-state index in [2.05, 4.69) is 29.2 Å². The lowest BCUT2D eigenvalue weighted by Gasteiger charge is -2.25. The summed E-state index contributed by atoms with van der Waals surface area (Å²) in [5.41, 5.74) is 9.75. The largest absolute Gasteiger partial charge is 0.490 e. The van der Waals surface area contributed by atoms with Crippen molar-refractivity contribution in [1.82, 2.24) is 14.9 Å². The minimum Gasteiger partial charge on any atom is -0.478 e. The van der Waals surface area contributed by atoms with E-state index >= 15 is 0 Å². The zero-order chi connectivity index (χ0) is 50.6. The smallest absolute Gasteiger partial charge is 0.478 e. The number of nitrogens with one attached hydrogen (secondary N) is 2. The van der Waals surface area contributed by atoms with Crippen LogP contribution >= 0.6 is 45.1 Å². The first-order valence-corrected chi connectivity index (χ1v) is 27.8. The van der Waals surface area contributed by atoms with Gasteiger partial charge in [-0.1, -0.05) is 27.7 Å². The molecule has 3 aliphatic rings. The van der Waals surface area contributed by atoms with Crippen LogP contribution < -0.4 is 27.4 Å². The molecule has 2 aliphatic heterocycles. The van der Waals surface area contributed by atoms with Crippen molar-refractivity contribution in [1.29, 1.82) is 0 Å². The molecule has 0 saturated carbocycles. The van der Waals surface area contributed by atoms with Crippen LogP contribution in [0.25, 0.3) is 33.4 Å². The fourth-order valence-electron chi connectivity index (χ4n) is 7.32. The van der Waals surface area contributed by atoms with Gasteiger partial charge in [0.1, 0.15) is 35.4 Å². The summed E-state index contributed by atoms with van der Waals surface area (Å²) in [5.74, 6) is -1.36. The summed E-state index contributed by atoms with van der Waals surface area (Å²) in [6, 6.07) is 13.5. The predicted molar refractivity (Wildman–Crippen MR) is 258 cm³/mol. The third-order valence-corrected chi connectivity index (χ3v) is 17.1. The highest BCUT2D eigenvalue weighted by Crippen LogP contribution is 2.66. The van der Waals surface area contributed by atoms with E-state index in [0.717, 1.165) is 26.7 Å². The van der Waals surface area contributed by atoms with E-state index < -0.39 is 70.8 Å². The molecule has 2 aromatic carbocycles. The van der Waals surface area contributed by atoms with Crippen molar-refractivity contribution in [3.63, 3.8) is 0 Å². The maximum absolute atomic E-state index is 13.7. The highest BCUT2D eigenvalue weighted by atomic mass is 33.1. The van der Waals surface area contributed by atoms with Crippen LogP contribution in [0.1, 0.15) is 72.2 Å². The number of anilines is 2. The Bertz CT molecular complexity index is 3000. The van der Waals surface area contributed by atoms with Crippen molar-refractivity contribution in [3.8, 4) is 22.5 Å². The molecule has 0 radical (unpaired) electrons. The number of rotatable bonds is 21. The van der Waals surface area contributed by atoms with Gasteiger partial charge in [-0.2, -0.15) is 13.6 Å². The maximum atomic E-state index is 13.7. The number of nitrogen functional groups attached to an aromatic ring is 1. The molecule has 1 aromatic heterocycles. The van der Waals surface area contributed by atoms with Crippen LogP contribution in [0.15, 0.2) is 68.9 Å². The molecule has 0 spiro atoms. The Morgan fingerprint density at radius 2 is 1.74 bits per heavy atom. The van der Waals surface area contributed by atoms with Gasteiger partial charge < -0.3 is 54.9 Å². The van der Waals surface area contributed by atoms with Crippen molar-refractivity contribution < 1.29 is 75.0 Å². The van der Waals surface area contributed by atoms with Crippen LogP contribution in [0.4, 0.5) is 11.5 Å². The number of amides is 1. The number of aryl methyl sites for hydroxylation is 2. The number of phosphoric ester groups is 1. The summed E-state index contributed by atoms with van der Waals surface area (Å²) in [7, 11) is -14.4. The summed E-state index contributed by atoms with van der Waals surface area (Å²) in [6.45, 7) is 12.0. The number of benzene rings is 3. The topological polar surface area (TPSA) is 343 Å². The molecule has 1 saturated heterocycles. The normalized spacial score (nSPS) is 18.6. The maximum Gasteiger partial charge on any atom is 0.490 e. The van der Waals surface area contributed by atoms with E-state index in [4.69, 9.17) is 33.9 Å². The summed E-state index contributed by atoms with van der Waals surface area (Å²) < 4.78 is 66.4. The summed E-state index contributed by atoms with van der Waals surface area (Å²) in [4.78, 5) is 84.8. The number of carboxylic acid groups (broad SMARTS) is 1. The lowest BCUT2D eigenvalue weighted by Crippen LogP contribution is -2.36. The number of aromatic nitrogens is 2.